The number of carbonyl (C=O) groups excluding carboxylic acids is 3. The Morgan fingerprint density at radius 3 is 2.46 bits per heavy atom. The van der Waals surface area contributed by atoms with Gasteiger partial charge in [0.15, 0.2) is 0 Å². The van der Waals surface area contributed by atoms with E-state index < -0.39 is 30.1 Å². The van der Waals surface area contributed by atoms with Crippen molar-refractivity contribution in [2.45, 2.75) is 24.6 Å². The Bertz CT molecular complexity index is 755. The van der Waals surface area contributed by atoms with Crippen LogP contribution in [-0.2, 0) is 9.59 Å². The first-order valence-electron chi connectivity index (χ1n) is 8.45. The quantitative estimate of drug-likeness (QED) is 0.747. The molecule has 0 spiro atoms. The number of halogens is 1. The molecule has 9 heteroatoms. The molecule has 3 amide bonds. The highest BCUT2D eigenvalue weighted by Crippen LogP contribution is 2.29. The lowest BCUT2D eigenvalue weighted by atomic mass is 10.0. The van der Waals surface area contributed by atoms with Gasteiger partial charge in [-0.15, -0.1) is 0 Å². The number of carbonyl (C=O) groups is 3. The van der Waals surface area contributed by atoms with E-state index in [4.69, 9.17) is 4.74 Å². The summed E-state index contributed by atoms with van der Waals surface area (Å²) in [6, 6.07) is 3.68. The van der Waals surface area contributed by atoms with Crippen LogP contribution in [0.15, 0.2) is 24.3 Å². The Hall–Kier alpha value is -2.68. The van der Waals surface area contributed by atoms with Gasteiger partial charge in [0, 0.05) is 26.1 Å². The molecule has 138 valence electrons. The van der Waals surface area contributed by atoms with Crippen LogP contribution < -0.4 is 4.74 Å². The number of aliphatic hydroxyl groups excluding tert-OH is 1. The fourth-order valence-corrected chi connectivity index (χ4v) is 3.77. The third kappa shape index (κ3) is 2.78. The number of ether oxygens (including phenoxy) is 1. The fraction of sp³-hybridized carbons (Fsp3) is 0.471. The third-order valence-corrected chi connectivity index (χ3v) is 5.07. The Balaban J connectivity index is 1.46. The molecular formula is C17H18FN3O5. The van der Waals surface area contributed by atoms with Crippen LogP contribution in [0.3, 0.4) is 0 Å². The lowest BCUT2D eigenvalue weighted by molar-refractivity contribution is -0.162. The number of hydrogen-bond acceptors (Lipinski definition) is 5. The predicted molar refractivity (Wildman–Crippen MR) is 85.6 cm³/mol. The van der Waals surface area contributed by atoms with Gasteiger partial charge >= 0.3 is 6.09 Å². The van der Waals surface area contributed by atoms with Crippen LogP contribution >= 0.6 is 0 Å². The molecule has 1 aromatic carbocycles. The lowest BCUT2D eigenvalue weighted by Crippen LogP contribution is -2.69. The van der Waals surface area contributed by atoms with Gasteiger partial charge in [-0.25, -0.2) is 9.18 Å². The van der Waals surface area contributed by atoms with Crippen LogP contribution in [0.2, 0.25) is 0 Å². The Morgan fingerprint density at radius 2 is 1.73 bits per heavy atom. The van der Waals surface area contributed by atoms with Crippen molar-refractivity contribution in [1.82, 2.24) is 14.7 Å². The van der Waals surface area contributed by atoms with Gasteiger partial charge in [-0.05, 0) is 24.3 Å². The molecule has 3 fully saturated rings. The predicted octanol–water partition coefficient (Wildman–Crippen LogP) is -0.187. The average Bonchev–Trinajstić information content (AvgIpc) is 3.03. The van der Waals surface area contributed by atoms with E-state index in [-0.39, 0.29) is 50.2 Å². The smallest absolute Gasteiger partial charge is 0.410 e. The zero-order valence-corrected chi connectivity index (χ0v) is 13.9. The molecule has 3 aliphatic heterocycles. The second-order valence-corrected chi connectivity index (χ2v) is 6.71. The fourth-order valence-electron chi connectivity index (χ4n) is 3.77. The zero-order valence-electron chi connectivity index (χ0n) is 13.9. The molecule has 1 aromatic rings. The molecule has 4 rings (SSSR count). The van der Waals surface area contributed by atoms with Crippen molar-refractivity contribution in [3.05, 3.63) is 30.1 Å². The molecule has 3 saturated heterocycles. The van der Waals surface area contributed by atoms with Crippen LogP contribution in [0.4, 0.5) is 9.18 Å². The van der Waals surface area contributed by atoms with Gasteiger partial charge in [0.2, 0.25) is 11.8 Å². The van der Waals surface area contributed by atoms with Gasteiger partial charge in [0.1, 0.15) is 23.7 Å². The number of fused-ring (bicyclic) bond motifs is 2. The van der Waals surface area contributed by atoms with Gasteiger partial charge < -0.3 is 24.5 Å². The number of rotatable bonds is 1. The number of aliphatic hydroxyl groups is 1. The molecule has 26 heavy (non-hydrogen) atoms. The molecule has 0 aliphatic carbocycles. The highest BCUT2D eigenvalue weighted by atomic mass is 19.1. The Kier molecular flexibility index (Phi) is 4.03. The largest absolute Gasteiger partial charge is 0.415 e. The molecule has 3 heterocycles. The van der Waals surface area contributed by atoms with Crippen molar-refractivity contribution in [3.63, 3.8) is 0 Å². The normalized spacial score (nSPS) is 28.1. The van der Waals surface area contributed by atoms with Gasteiger partial charge in [0.05, 0.1) is 12.6 Å². The highest BCUT2D eigenvalue weighted by Gasteiger charge is 2.52. The minimum absolute atomic E-state index is 0.0317. The molecule has 0 unspecified atom stereocenters. The maximum Gasteiger partial charge on any atom is 0.415 e. The van der Waals surface area contributed by atoms with Crippen LogP contribution in [0.5, 0.6) is 5.75 Å². The van der Waals surface area contributed by atoms with E-state index in [1.807, 2.05) is 0 Å². The number of piperazine rings is 2. The Labute approximate surface area is 148 Å². The zero-order chi connectivity index (χ0) is 18.4. The van der Waals surface area contributed by atoms with E-state index in [1.165, 1.54) is 39.0 Å². The number of hydrogen-bond donors (Lipinski definition) is 1. The van der Waals surface area contributed by atoms with Gasteiger partial charge in [0.25, 0.3) is 0 Å². The number of amides is 3. The van der Waals surface area contributed by atoms with Crippen LogP contribution in [0.1, 0.15) is 6.42 Å². The molecule has 0 bridgehead atoms. The highest BCUT2D eigenvalue weighted by molar-refractivity contribution is 5.98. The molecule has 3 aliphatic rings. The first-order chi connectivity index (χ1) is 12.4. The second kappa shape index (κ2) is 6.24. The minimum Gasteiger partial charge on any atom is -0.410 e. The molecule has 0 saturated carbocycles. The maximum atomic E-state index is 12.9. The summed E-state index contributed by atoms with van der Waals surface area (Å²) in [6.45, 7) is 0.641. The molecule has 8 nitrogen and oxygen atoms in total. The van der Waals surface area contributed by atoms with Crippen molar-refractivity contribution in [1.29, 1.82) is 0 Å². The third-order valence-electron chi connectivity index (χ3n) is 5.07. The standard InChI is InChI=1S/C17H18FN3O5/c18-10-1-3-12(4-2-10)26-17(25)19-5-6-20-14(9-19)16(24)21-8-11(22)7-13(21)15(20)23/h1-4,11,13-14,22H,5-9H2/t11-,13+,14-/m1/s1. The van der Waals surface area contributed by atoms with E-state index in [9.17, 15) is 23.9 Å². The SMILES string of the molecule is O=C(Oc1ccc(F)cc1)N1CCN2C(=O)[C@@H]3C[C@@H](O)CN3C(=O)[C@H]2C1. The topological polar surface area (TPSA) is 90.4 Å². The number of benzene rings is 1. The second-order valence-electron chi connectivity index (χ2n) is 6.71. The molecule has 3 atom stereocenters. The van der Waals surface area contributed by atoms with Crippen LogP contribution in [0, 0.1) is 5.82 Å². The van der Waals surface area contributed by atoms with E-state index in [0.29, 0.717) is 0 Å². The summed E-state index contributed by atoms with van der Waals surface area (Å²) in [4.78, 5) is 41.9. The molecular weight excluding hydrogens is 345 g/mol. The summed E-state index contributed by atoms with van der Waals surface area (Å²) in [7, 11) is 0. The van der Waals surface area contributed by atoms with E-state index >= 15 is 0 Å². The van der Waals surface area contributed by atoms with E-state index in [1.54, 1.807) is 0 Å². The van der Waals surface area contributed by atoms with Crippen molar-refractivity contribution in [2.24, 2.45) is 0 Å². The first-order valence-corrected chi connectivity index (χ1v) is 8.45. The van der Waals surface area contributed by atoms with Gasteiger partial charge in [-0.1, -0.05) is 0 Å². The Morgan fingerprint density at radius 1 is 1.04 bits per heavy atom. The summed E-state index contributed by atoms with van der Waals surface area (Å²) < 4.78 is 18.1. The molecule has 0 aromatic heterocycles. The maximum absolute atomic E-state index is 12.9. The van der Waals surface area contributed by atoms with E-state index in [0.717, 1.165) is 0 Å². The van der Waals surface area contributed by atoms with Crippen molar-refractivity contribution in [3.8, 4) is 5.75 Å². The van der Waals surface area contributed by atoms with Gasteiger partial charge in [-0.3, -0.25) is 9.59 Å². The lowest BCUT2D eigenvalue weighted by Gasteiger charge is -2.46. The molecule has 1 N–H and O–H groups in total. The van der Waals surface area contributed by atoms with Crippen molar-refractivity contribution in [2.75, 3.05) is 26.2 Å². The summed E-state index contributed by atoms with van der Waals surface area (Å²) >= 11 is 0. The summed E-state index contributed by atoms with van der Waals surface area (Å²) in [5, 5.41) is 9.78. The summed E-state index contributed by atoms with van der Waals surface area (Å²) in [5.41, 5.74) is 0. The molecule has 0 radical (unpaired) electrons. The van der Waals surface area contributed by atoms with Crippen molar-refractivity contribution < 1.29 is 28.6 Å². The average molecular weight is 363 g/mol. The van der Waals surface area contributed by atoms with Crippen molar-refractivity contribution >= 4 is 17.9 Å². The monoisotopic (exact) mass is 363 g/mol. The first kappa shape index (κ1) is 16.8. The van der Waals surface area contributed by atoms with Crippen LogP contribution in [-0.4, -0.2) is 82.1 Å². The summed E-state index contributed by atoms with van der Waals surface area (Å²) in [5.74, 6) is -0.678. The van der Waals surface area contributed by atoms with Crippen LogP contribution in [0.25, 0.3) is 0 Å². The van der Waals surface area contributed by atoms with Gasteiger partial charge in [-0.2, -0.15) is 0 Å². The number of nitrogens with zero attached hydrogens (tertiary/aromatic N) is 3. The summed E-state index contributed by atoms with van der Waals surface area (Å²) in [6.07, 6.45) is -1.10. The van der Waals surface area contributed by atoms with E-state index in [2.05, 4.69) is 0 Å². The minimum atomic E-state index is -0.765.